The van der Waals surface area contributed by atoms with E-state index in [1.54, 1.807) is 6.07 Å². The SMILES string of the molecule is CS(=O)(=O)NCCNC(=O)c1cc2ccccc2[nH]1. The summed E-state index contributed by atoms with van der Waals surface area (Å²) < 4.78 is 24.0. The molecular formula is C12H15N3O3S. The quantitative estimate of drug-likeness (QED) is 0.695. The Morgan fingerprint density at radius 2 is 2.00 bits per heavy atom. The zero-order chi connectivity index (χ0) is 13.9. The number of benzene rings is 1. The second kappa shape index (κ2) is 5.41. The molecule has 2 rings (SSSR count). The standard InChI is InChI=1S/C12H15N3O3S/c1-19(17,18)14-7-6-13-12(16)11-8-9-4-2-3-5-10(9)15-11/h2-5,8,14-15H,6-7H2,1H3,(H,13,16). The van der Waals surface area contributed by atoms with Crippen LogP contribution in [0.25, 0.3) is 10.9 Å². The molecule has 0 aliphatic heterocycles. The van der Waals surface area contributed by atoms with Crippen molar-refractivity contribution in [2.24, 2.45) is 0 Å². The average Bonchev–Trinajstić information content (AvgIpc) is 2.77. The minimum atomic E-state index is -3.22. The topological polar surface area (TPSA) is 91.1 Å². The number of fused-ring (bicyclic) bond motifs is 1. The van der Waals surface area contributed by atoms with Crippen LogP contribution in [0, 0.1) is 0 Å². The van der Waals surface area contributed by atoms with Crippen LogP contribution in [0.15, 0.2) is 30.3 Å². The molecule has 7 heteroatoms. The average molecular weight is 281 g/mol. The van der Waals surface area contributed by atoms with Gasteiger partial charge in [0, 0.05) is 24.0 Å². The highest BCUT2D eigenvalue weighted by molar-refractivity contribution is 7.88. The van der Waals surface area contributed by atoms with Crippen molar-refractivity contribution in [1.29, 1.82) is 0 Å². The largest absolute Gasteiger partial charge is 0.351 e. The molecule has 0 fully saturated rings. The van der Waals surface area contributed by atoms with Gasteiger partial charge in [0.15, 0.2) is 0 Å². The van der Waals surface area contributed by atoms with Crippen LogP contribution in [-0.2, 0) is 10.0 Å². The van der Waals surface area contributed by atoms with E-state index >= 15 is 0 Å². The van der Waals surface area contributed by atoms with Gasteiger partial charge in [-0.15, -0.1) is 0 Å². The molecule has 0 saturated heterocycles. The number of para-hydroxylation sites is 1. The smallest absolute Gasteiger partial charge is 0.267 e. The molecule has 0 atom stereocenters. The molecule has 6 nitrogen and oxygen atoms in total. The van der Waals surface area contributed by atoms with E-state index in [9.17, 15) is 13.2 Å². The Kier molecular flexibility index (Phi) is 3.87. The number of hydrogen-bond acceptors (Lipinski definition) is 3. The Hall–Kier alpha value is -1.86. The van der Waals surface area contributed by atoms with E-state index in [2.05, 4.69) is 15.0 Å². The van der Waals surface area contributed by atoms with Gasteiger partial charge in [0.25, 0.3) is 5.91 Å². The number of H-pyrrole nitrogens is 1. The highest BCUT2D eigenvalue weighted by Crippen LogP contribution is 2.14. The van der Waals surface area contributed by atoms with Crippen molar-refractivity contribution in [3.05, 3.63) is 36.0 Å². The van der Waals surface area contributed by atoms with Crippen molar-refractivity contribution < 1.29 is 13.2 Å². The molecule has 2 aromatic rings. The van der Waals surface area contributed by atoms with Crippen molar-refractivity contribution in [3.63, 3.8) is 0 Å². The van der Waals surface area contributed by atoms with Crippen LogP contribution >= 0.6 is 0 Å². The number of sulfonamides is 1. The van der Waals surface area contributed by atoms with Gasteiger partial charge >= 0.3 is 0 Å². The second-order valence-electron chi connectivity index (χ2n) is 4.19. The molecule has 0 unspecified atom stereocenters. The first-order chi connectivity index (χ1) is 8.96. The summed E-state index contributed by atoms with van der Waals surface area (Å²) in [4.78, 5) is 14.8. The third-order valence-electron chi connectivity index (χ3n) is 2.55. The number of nitrogens with one attached hydrogen (secondary N) is 3. The number of carbonyl (C=O) groups excluding carboxylic acids is 1. The normalized spacial score (nSPS) is 11.6. The van der Waals surface area contributed by atoms with Crippen LogP contribution in [0.3, 0.4) is 0 Å². The molecule has 1 heterocycles. The highest BCUT2D eigenvalue weighted by Gasteiger charge is 2.08. The van der Waals surface area contributed by atoms with E-state index in [-0.39, 0.29) is 19.0 Å². The molecule has 1 amide bonds. The summed E-state index contributed by atoms with van der Waals surface area (Å²) in [6.07, 6.45) is 1.08. The summed E-state index contributed by atoms with van der Waals surface area (Å²) in [6, 6.07) is 9.34. The van der Waals surface area contributed by atoms with Gasteiger partial charge in [0.1, 0.15) is 5.69 Å². The highest BCUT2D eigenvalue weighted by atomic mass is 32.2. The zero-order valence-corrected chi connectivity index (χ0v) is 11.3. The molecule has 0 aliphatic carbocycles. The summed E-state index contributed by atoms with van der Waals surface area (Å²) in [7, 11) is -3.22. The van der Waals surface area contributed by atoms with Gasteiger partial charge in [0.2, 0.25) is 10.0 Å². The summed E-state index contributed by atoms with van der Waals surface area (Å²) in [6.45, 7) is 0.409. The second-order valence-corrected chi connectivity index (χ2v) is 6.03. The van der Waals surface area contributed by atoms with Crippen molar-refractivity contribution >= 4 is 26.8 Å². The van der Waals surface area contributed by atoms with Crippen LogP contribution in [0.1, 0.15) is 10.5 Å². The molecule has 102 valence electrons. The Morgan fingerprint density at radius 3 is 2.68 bits per heavy atom. The number of amides is 1. The van der Waals surface area contributed by atoms with E-state index < -0.39 is 10.0 Å². The van der Waals surface area contributed by atoms with E-state index in [1.807, 2.05) is 24.3 Å². The van der Waals surface area contributed by atoms with Crippen molar-refractivity contribution in [2.45, 2.75) is 0 Å². The van der Waals surface area contributed by atoms with Gasteiger partial charge in [-0.2, -0.15) is 0 Å². The van der Waals surface area contributed by atoms with Gasteiger partial charge in [-0.25, -0.2) is 13.1 Å². The molecule has 0 spiro atoms. The monoisotopic (exact) mass is 281 g/mol. The van der Waals surface area contributed by atoms with Gasteiger partial charge in [0.05, 0.1) is 6.26 Å². The summed E-state index contributed by atoms with van der Waals surface area (Å²) in [5.74, 6) is -0.258. The maximum atomic E-state index is 11.8. The third kappa shape index (κ3) is 3.80. The fraction of sp³-hybridized carbons (Fsp3) is 0.250. The fourth-order valence-corrected chi connectivity index (χ4v) is 2.18. The van der Waals surface area contributed by atoms with Crippen LogP contribution in [-0.4, -0.2) is 38.7 Å². The first-order valence-corrected chi connectivity index (χ1v) is 7.65. The number of aromatic nitrogens is 1. The fourth-order valence-electron chi connectivity index (χ4n) is 1.70. The number of aromatic amines is 1. The van der Waals surface area contributed by atoms with Crippen LogP contribution < -0.4 is 10.0 Å². The van der Waals surface area contributed by atoms with E-state index in [0.29, 0.717) is 5.69 Å². The van der Waals surface area contributed by atoms with Crippen LogP contribution in [0.5, 0.6) is 0 Å². The lowest BCUT2D eigenvalue weighted by atomic mass is 10.2. The predicted molar refractivity (Wildman–Crippen MR) is 73.5 cm³/mol. The summed E-state index contributed by atoms with van der Waals surface area (Å²) in [5.41, 5.74) is 1.35. The van der Waals surface area contributed by atoms with Crippen LogP contribution in [0.2, 0.25) is 0 Å². The third-order valence-corrected chi connectivity index (χ3v) is 3.28. The lowest BCUT2D eigenvalue weighted by Gasteiger charge is -2.04. The minimum Gasteiger partial charge on any atom is -0.351 e. The van der Waals surface area contributed by atoms with Gasteiger partial charge in [-0.1, -0.05) is 18.2 Å². The minimum absolute atomic E-state index is 0.171. The lowest BCUT2D eigenvalue weighted by Crippen LogP contribution is -2.34. The van der Waals surface area contributed by atoms with Crippen molar-refractivity contribution in [1.82, 2.24) is 15.0 Å². The van der Waals surface area contributed by atoms with Crippen LogP contribution in [0.4, 0.5) is 0 Å². The molecular weight excluding hydrogens is 266 g/mol. The van der Waals surface area contributed by atoms with Gasteiger partial charge in [-0.05, 0) is 12.1 Å². The molecule has 1 aromatic heterocycles. The number of hydrogen-bond donors (Lipinski definition) is 3. The van der Waals surface area contributed by atoms with E-state index in [1.165, 1.54) is 0 Å². The Morgan fingerprint density at radius 1 is 1.26 bits per heavy atom. The predicted octanol–water partition coefficient (Wildman–Crippen LogP) is 0.447. The van der Waals surface area contributed by atoms with Crippen molar-refractivity contribution in [2.75, 3.05) is 19.3 Å². The molecule has 1 aromatic carbocycles. The number of carbonyl (C=O) groups is 1. The van der Waals surface area contributed by atoms with Crippen molar-refractivity contribution in [3.8, 4) is 0 Å². The van der Waals surface area contributed by atoms with E-state index in [0.717, 1.165) is 17.2 Å². The van der Waals surface area contributed by atoms with Gasteiger partial charge in [-0.3, -0.25) is 4.79 Å². The summed E-state index contributed by atoms with van der Waals surface area (Å²) in [5, 5.41) is 3.60. The number of rotatable bonds is 5. The van der Waals surface area contributed by atoms with E-state index in [4.69, 9.17) is 0 Å². The molecule has 0 radical (unpaired) electrons. The lowest BCUT2D eigenvalue weighted by molar-refractivity contribution is 0.0950. The maximum Gasteiger partial charge on any atom is 0.267 e. The molecule has 0 bridgehead atoms. The molecule has 0 saturated carbocycles. The molecule has 19 heavy (non-hydrogen) atoms. The summed E-state index contributed by atoms with van der Waals surface area (Å²) >= 11 is 0. The zero-order valence-electron chi connectivity index (χ0n) is 10.4. The molecule has 0 aliphatic rings. The first-order valence-electron chi connectivity index (χ1n) is 5.76. The maximum absolute atomic E-state index is 11.8. The Balaban J connectivity index is 1.93. The molecule has 3 N–H and O–H groups in total. The first kappa shape index (κ1) is 13.6. The van der Waals surface area contributed by atoms with Gasteiger partial charge < -0.3 is 10.3 Å². The Bertz CT molecular complexity index is 658. The Labute approximate surface area is 111 Å².